The molecule has 3 heterocycles. The highest BCUT2D eigenvalue weighted by Crippen LogP contribution is 2.32. The van der Waals surface area contributed by atoms with Gasteiger partial charge in [-0.15, -0.1) is 6.58 Å². The van der Waals surface area contributed by atoms with Crippen molar-refractivity contribution in [2.45, 2.75) is 13.8 Å². The second-order valence-corrected chi connectivity index (χ2v) is 7.39. The van der Waals surface area contributed by atoms with E-state index in [0.717, 1.165) is 5.56 Å². The normalized spacial score (nSPS) is 15.9. The summed E-state index contributed by atoms with van der Waals surface area (Å²) in [5.41, 5.74) is 1.56. The van der Waals surface area contributed by atoms with Gasteiger partial charge in [0.15, 0.2) is 0 Å². The Balaban J connectivity index is 2.20. The molecule has 0 aromatic carbocycles. The summed E-state index contributed by atoms with van der Waals surface area (Å²) in [5, 5.41) is 3.08. The monoisotopic (exact) mass is 386 g/mol. The quantitative estimate of drug-likeness (QED) is 0.484. The Morgan fingerprint density at radius 2 is 2.15 bits per heavy atom. The van der Waals surface area contributed by atoms with E-state index in [2.05, 4.69) is 16.9 Å². The van der Waals surface area contributed by atoms with E-state index in [0.29, 0.717) is 39.3 Å². The Morgan fingerprint density at radius 3 is 2.81 bits per heavy atom. The number of hydrogen-bond donors (Lipinski definition) is 1. The molecule has 1 aliphatic rings. The number of carbonyl (C=O) groups excluding carboxylic acids is 1. The maximum Gasteiger partial charge on any atom is 0.267 e. The molecule has 1 amide bonds. The van der Waals surface area contributed by atoms with Crippen molar-refractivity contribution in [3.8, 4) is 0 Å². The van der Waals surface area contributed by atoms with Gasteiger partial charge in [0, 0.05) is 19.3 Å². The summed E-state index contributed by atoms with van der Waals surface area (Å²) in [4.78, 5) is 32.0. The third-order valence-corrected chi connectivity index (χ3v) is 5.26. The number of aryl methyl sites for hydroxylation is 1. The Bertz CT molecular complexity index is 1010. The second-order valence-electron chi connectivity index (χ2n) is 5.71. The Hall–Kier alpha value is -2.45. The summed E-state index contributed by atoms with van der Waals surface area (Å²) in [5.74, 6) is 0.228. The van der Waals surface area contributed by atoms with Crippen molar-refractivity contribution in [1.29, 1.82) is 0 Å². The molecule has 6 nitrogen and oxygen atoms in total. The van der Waals surface area contributed by atoms with Crippen LogP contribution in [-0.4, -0.2) is 37.6 Å². The smallest absolute Gasteiger partial charge is 0.267 e. The van der Waals surface area contributed by atoms with E-state index < -0.39 is 0 Å². The number of hydrogen-bond acceptors (Lipinski definition) is 6. The van der Waals surface area contributed by atoms with E-state index in [-0.39, 0.29) is 11.5 Å². The minimum atomic E-state index is -0.243. The van der Waals surface area contributed by atoms with Crippen molar-refractivity contribution in [2.24, 2.45) is 0 Å². The fourth-order valence-electron chi connectivity index (χ4n) is 2.60. The van der Waals surface area contributed by atoms with Crippen molar-refractivity contribution >= 4 is 51.7 Å². The summed E-state index contributed by atoms with van der Waals surface area (Å²) in [6.07, 6.45) is 4.99. The van der Waals surface area contributed by atoms with Crippen molar-refractivity contribution in [2.75, 3.05) is 18.4 Å². The maximum atomic E-state index is 13.0. The van der Waals surface area contributed by atoms with Crippen LogP contribution >= 0.6 is 24.0 Å². The van der Waals surface area contributed by atoms with Gasteiger partial charge >= 0.3 is 0 Å². The van der Waals surface area contributed by atoms with Gasteiger partial charge in [-0.2, -0.15) is 0 Å². The van der Waals surface area contributed by atoms with E-state index in [1.54, 1.807) is 24.4 Å². The molecule has 1 fully saturated rings. The van der Waals surface area contributed by atoms with E-state index in [9.17, 15) is 9.59 Å². The molecule has 0 spiro atoms. The highest BCUT2D eigenvalue weighted by Gasteiger charge is 2.31. The molecular formula is C18H18N4O2S2. The molecule has 1 N–H and O–H groups in total. The van der Waals surface area contributed by atoms with E-state index in [1.165, 1.54) is 21.1 Å². The summed E-state index contributed by atoms with van der Waals surface area (Å²) < 4.78 is 1.98. The lowest BCUT2D eigenvalue weighted by atomic mass is 10.2. The Kier molecular flexibility index (Phi) is 5.24. The minimum Gasteiger partial charge on any atom is -0.366 e. The fourth-order valence-corrected chi connectivity index (χ4v) is 3.96. The SMILES string of the molecule is C=CCNc1nc2ccc(C)cn2c(=O)c1/C=C1/SC(=S)N(CC)C1=O. The second kappa shape index (κ2) is 7.43. The van der Waals surface area contributed by atoms with Gasteiger partial charge in [0.1, 0.15) is 15.8 Å². The molecule has 0 unspecified atom stereocenters. The number of rotatable bonds is 5. The predicted molar refractivity (Wildman–Crippen MR) is 110 cm³/mol. The van der Waals surface area contributed by atoms with E-state index >= 15 is 0 Å². The molecule has 0 atom stereocenters. The lowest BCUT2D eigenvalue weighted by Crippen LogP contribution is -2.27. The third kappa shape index (κ3) is 3.30. The number of amides is 1. The lowest BCUT2D eigenvalue weighted by molar-refractivity contribution is -0.121. The molecule has 1 aliphatic heterocycles. The summed E-state index contributed by atoms with van der Waals surface area (Å²) in [6, 6.07) is 3.68. The number of nitrogens with one attached hydrogen (secondary N) is 1. The van der Waals surface area contributed by atoms with Crippen LogP contribution in [0.2, 0.25) is 0 Å². The molecule has 0 aliphatic carbocycles. The zero-order chi connectivity index (χ0) is 18.8. The van der Waals surface area contributed by atoms with Gasteiger partial charge < -0.3 is 5.32 Å². The fraction of sp³-hybridized carbons (Fsp3) is 0.222. The predicted octanol–water partition coefficient (Wildman–Crippen LogP) is 2.82. The van der Waals surface area contributed by atoms with Crippen molar-refractivity contribution in [3.05, 3.63) is 57.4 Å². The number of carbonyl (C=O) groups is 1. The minimum absolute atomic E-state index is 0.189. The van der Waals surface area contributed by atoms with Crippen LogP contribution in [-0.2, 0) is 4.79 Å². The summed E-state index contributed by atoms with van der Waals surface area (Å²) in [6.45, 7) is 8.39. The first-order valence-corrected chi connectivity index (χ1v) is 9.32. The van der Waals surface area contributed by atoms with Crippen LogP contribution in [0.3, 0.4) is 0 Å². The molecule has 0 saturated carbocycles. The largest absolute Gasteiger partial charge is 0.366 e. The van der Waals surface area contributed by atoms with Gasteiger partial charge in [0.25, 0.3) is 11.5 Å². The van der Waals surface area contributed by atoms with Crippen LogP contribution in [0.1, 0.15) is 18.1 Å². The van der Waals surface area contributed by atoms with Crippen molar-refractivity contribution < 1.29 is 4.79 Å². The van der Waals surface area contributed by atoms with Crippen LogP contribution in [0.5, 0.6) is 0 Å². The van der Waals surface area contributed by atoms with E-state index in [4.69, 9.17) is 12.2 Å². The standard InChI is InChI=1S/C18H18N4O2S2/c1-4-8-19-15-12(9-13-17(24)21(5-2)18(25)26-13)16(23)22-10-11(3)6-7-14(22)20-15/h4,6-7,9-10,19H,1,5,8H2,2-3H3/b13-9+. The van der Waals surface area contributed by atoms with Gasteiger partial charge in [0.2, 0.25) is 0 Å². The molecule has 8 heteroatoms. The first-order chi connectivity index (χ1) is 12.5. The number of thioether (sulfide) groups is 1. The first-order valence-electron chi connectivity index (χ1n) is 8.09. The molecule has 0 radical (unpaired) electrons. The molecule has 26 heavy (non-hydrogen) atoms. The summed E-state index contributed by atoms with van der Waals surface area (Å²) in [7, 11) is 0. The Morgan fingerprint density at radius 1 is 1.38 bits per heavy atom. The van der Waals surface area contributed by atoms with Crippen molar-refractivity contribution in [3.63, 3.8) is 0 Å². The third-order valence-electron chi connectivity index (χ3n) is 3.88. The number of thiocarbonyl (C=S) groups is 1. The average Bonchev–Trinajstić information content (AvgIpc) is 2.89. The Labute approximate surface area is 160 Å². The van der Waals surface area contributed by atoms with Gasteiger partial charge in [-0.25, -0.2) is 4.98 Å². The van der Waals surface area contributed by atoms with Crippen LogP contribution in [0, 0.1) is 6.92 Å². The van der Waals surface area contributed by atoms with Gasteiger partial charge in [-0.1, -0.05) is 36.1 Å². The van der Waals surface area contributed by atoms with Crippen molar-refractivity contribution in [1.82, 2.24) is 14.3 Å². The zero-order valence-corrected chi connectivity index (χ0v) is 16.1. The van der Waals surface area contributed by atoms with Crippen LogP contribution in [0.25, 0.3) is 11.7 Å². The maximum absolute atomic E-state index is 13.0. The summed E-state index contributed by atoms with van der Waals surface area (Å²) >= 11 is 6.44. The molecule has 2 aromatic heterocycles. The lowest BCUT2D eigenvalue weighted by Gasteiger charge is -2.11. The van der Waals surface area contributed by atoms with Gasteiger partial charge in [0.05, 0.1) is 10.5 Å². The highest BCUT2D eigenvalue weighted by molar-refractivity contribution is 8.26. The topological polar surface area (TPSA) is 66.7 Å². The van der Waals surface area contributed by atoms with E-state index in [1.807, 2.05) is 19.9 Å². The van der Waals surface area contributed by atoms with Crippen LogP contribution in [0.4, 0.5) is 5.82 Å². The molecule has 0 bridgehead atoms. The van der Waals surface area contributed by atoms with Gasteiger partial charge in [-0.3, -0.25) is 18.9 Å². The molecule has 1 saturated heterocycles. The van der Waals surface area contributed by atoms with Crippen LogP contribution < -0.4 is 10.9 Å². The number of nitrogens with zero attached hydrogens (tertiary/aromatic N) is 3. The average molecular weight is 387 g/mol. The number of fused-ring (bicyclic) bond motifs is 1. The number of pyridine rings is 1. The zero-order valence-electron chi connectivity index (χ0n) is 14.5. The van der Waals surface area contributed by atoms with Crippen LogP contribution in [0.15, 0.2) is 40.7 Å². The molecule has 134 valence electrons. The molecular weight excluding hydrogens is 368 g/mol. The van der Waals surface area contributed by atoms with Gasteiger partial charge in [-0.05, 0) is 31.6 Å². The molecule has 2 aromatic rings. The molecule has 3 rings (SSSR count). The highest BCUT2D eigenvalue weighted by atomic mass is 32.2. The number of anilines is 1. The number of aromatic nitrogens is 2. The number of likely N-dealkylation sites (N-methyl/N-ethyl adjacent to an activating group) is 1. The first kappa shape index (κ1) is 18.3.